The Hall–Kier alpha value is -3.97. The Bertz CT molecular complexity index is 1080. The fourth-order valence-electron chi connectivity index (χ4n) is 2.91. The van der Waals surface area contributed by atoms with Crippen LogP contribution in [0.5, 0.6) is 23.0 Å². The number of hydrogen-bond acceptors (Lipinski definition) is 6. The number of methoxy groups -OCH3 is 2. The Morgan fingerprint density at radius 3 is 1.82 bits per heavy atom. The number of hydrazine groups is 1. The first-order valence-electron chi connectivity index (χ1n) is 10.3. The Labute approximate surface area is 193 Å². The summed E-state index contributed by atoms with van der Waals surface area (Å²) in [6.45, 7) is 0.717. The summed E-state index contributed by atoms with van der Waals surface area (Å²) < 4.78 is 22.5. The summed E-state index contributed by atoms with van der Waals surface area (Å²) in [5.74, 6) is 7.89. The quantitative estimate of drug-likeness (QED) is 0.217. The van der Waals surface area contributed by atoms with Gasteiger partial charge in [0.25, 0.3) is 5.91 Å². The van der Waals surface area contributed by atoms with Crippen molar-refractivity contribution in [1.82, 2.24) is 5.01 Å². The third-order valence-corrected chi connectivity index (χ3v) is 4.84. The third-order valence-electron chi connectivity index (χ3n) is 4.84. The third kappa shape index (κ3) is 7.02. The lowest BCUT2D eigenvalue weighted by Gasteiger charge is -2.14. The van der Waals surface area contributed by atoms with Crippen LogP contribution in [0.4, 0.5) is 0 Å². The Balaban J connectivity index is 1.77. The molecule has 3 rings (SSSR count). The number of hydrogen-bond donors (Lipinski definition) is 1. The zero-order valence-electron chi connectivity index (χ0n) is 19.0. The highest BCUT2D eigenvalue weighted by atomic mass is 16.5. The van der Waals surface area contributed by atoms with Gasteiger partial charge in [-0.25, -0.2) is 5.84 Å². The molecule has 0 radical (unpaired) electrons. The summed E-state index contributed by atoms with van der Waals surface area (Å²) in [6.07, 6.45) is 3.08. The van der Waals surface area contributed by atoms with Gasteiger partial charge in [-0.1, -0.05) is 30.3 Å². The van der Waals surface area contributed by atoms with Gasteiger partial charge in [0.15, 0.2) is 11.5 Å². The molecule has 0 aromatic heterocycles. The van der Waals surface area contributed by atoms with Crippen LogP contribution in [0.3, 0.4) is 0 Å². The molecule has 7 heteroatoms. The van der Waals surface area contributed by atoms with Gasteiger partial charge in [-0.05, 0) is 59.2 Å². The van der Waals surface area contributed by atoms with Gasteiger partial charge in [0.05, 0.1) is 14.2 Å². The molecule has 0 heterocycles. The van der Waals surface area contributed by atoms with Crippen molar-refractivity contribution in [3.63, 3.8) is 0 Å². The molecule has 172 valence electrons. The average Bonchev–Trinajstić information content (AvgIpc) is 2.85. The van der Waals surface area contributed by atoms with Crippen molar-refractivity contribution in [1.29, 1.82) is 0 Å². The van der Waals surface area contributed by atoms with E-state index >= 15 is 0 Å². The maximum Gasteiger partial charge on any atom is 0.260 e. The maximum absolute atomic E-state index is 11.8. The summed E-state index contributed by atoms with van der Waals surface area (Å²) in [6, 6.07) is 20.8. The van der Waals surface area contributed by atoms with E-state index in [1.165, 1.54) is 13.1 Å². The van der Waals surface area contributed by atoms with Gasteiger partial charge in [0.1, 0.15) is 24.7 Å². The summed E-state index contributed by atoms with van der Waals surface area (Å²) in [5.41, 5.74) is 2.77. The van der Waals surface area contributed by atoms with Crippen LogP contribution < -0.4 is 24.8 Å². The van der Waals surface area contributed by atoms with Crippen LogP contribution in [0.25, 0.3) is 6.08 Å². The van der Waals surface area contributed by atoms with Crippen molar-refractivity contribution < 1.29 is 23.7 Å². The van der Waals surface area contributed by atoms with Crippen molar-refractivity contribution in [3.05, 3.63) is 89.5 Å². The number of amides is 1. The second-order valence-electron chi connectivity index (χ2n) is 7.26. The lowest BCUT2D eigenvalue weighted by Crippen LogP contribution is -2.31. The van der Waals surface area contributed by atoms with E-state index in [9.17, 15) is 4.79 Å². The monoisotopic (exact) mass is 448 g/mol. The molecule has 1 amide bonds. The molecule has 0 unspecified atom stereocenters. The zero-order valence-corrected chi connectivity index (χ0v) is 19.0. The average molecular weight is 449 g/mol. The van der Waals surface area contributed by atoms with E-state index in [-0.39, 0.29) is 5.91 Å². The van der Waals surface area contributed by atoms with Crippen molar-refractivity contribution >= 4 is 12.0 Å². The number of carbonyl (C=O) groups is 1. The second-order valence-corrected chi connectivity index (χ2v) is 7.26. The molecule has 0 bridgehead atoms. The number of rotatable bonds is 10. The Morgan fingerprint density at radius 1 is 0.818 bits per heavy atom. The van der Waals surface area contributed by atoms with Gasteiger partial charge in [-0.3, -0.25) is 9.80 Å². The number of benzene rings is 3. The lowest BCUT2D eigenvalue weighted by molar-refractivity contribution is -0.124. The lowest BCUT2D eigenvalue weighted by atomic mass is 10.1. The van der Waals surface area contributed by atoms with Crippen LogP contribution in [0.1, 0.15) is 16.7 Å². The molecule has 0 aliphatic heterocycles. The predicted molar refractivity (Wildman–Crippen MR) is 127 cm³/mol. The van der Waals surface area contributed by atoms with Gasteiger partial charge in [0.2, 0.25) is 0 Å². The number of carbonyl (C=O) groups excluding carboxylic acids is 1. The summed E-state index contributed by atoms with van der Waals surface area (Å²) >= 11 is 0. The number of nitrogens with zero attached hydrogens (tertiary/aromatic N) is 1. The Kier molecular flexibility index (Phi) is 8.32. The van der Waals surface area contributed by atoms with Crippen molar-refractivity contribution in [3.8, 4) is 23.0 Å². The van der Waals surface area contributed by atoms with E-state index in [2.05, 4.69) is 0 Å². The number of likely N-dealkylation sites (N-methyl/N-ethyl adjacent to an activating group) is 1. The standard InChI is InChI=1S/C26H28N2O5/c1-28(27)26(29)15-9-19-8-14-24(32-17-20-4-10-22(30-2)11-5-20)25(16-19)33-18-21-6-12-23(31-3)13-7-21/h4-16H,17-18,27H2,1-3H3/b15-9+. The first-order valence-corrected chi connectivity index (χ1v) is 10.3. The van der Waals surface area contributed by atoms with E-state index in [1.807, 2.05) is 66.7 Å². The summed E-state index contributed by atoms with van der Waals surface area (Å²) in [4.78, 5) is 11.8. The van der Waals surface area contributed by atoms with E-state index in [0.29, 0.717) is 24.7 Å². The topological polar surface area (TPSA) is 83.3 Å². The minimum atomic E-state index is -0.310. The maximum atomic E-state index is 11.8. The van der Waals surface area contributed by atoms with Crippen LogP contribution in [0.2, 0.25) is 0 Å². The molecule has 33 heavy (non-hydrogen) atoms. The first kappa shape index (κ1) is 23.7. The van der Waals surface area contributed by atoms with Gasteiger partial charge in [-0.15, -0.1) is 0 Å². The molecule has 0 spiro atoms. The highest BCUT2D eigenvalue weighted by Crippen LogP contribution is 2.31. The molecule has 0 atom stereocenters. The second kappa shape index (κ2) is 11.6. The molecule has 3 aromatic rings. The first-order chi connectivity index (χ1) is 16.0. The molecule has 0 saturated carbocycles. The molecular weight excluding hydrogens is 420 g/mol. The molecule has 0 fully saturated rings. The summed E-state index contributed by atoms with van der Waals surface area (Å²) in [5, 5.41) is 1.02. The van der Waals surface area contributed by atoms with E-state index in [1.54, 1.807) is 20.3 Å². The molecule has 2 N–H and O–H groups in total. The van der Waals surface area contributed by atoms with Gasteiger partial charge in [0, 0.05) is 13.1 Å². The van der Waals surface area contributed by atoms with Crippen LogP contribution in [-0.2, 0) is 18.0 Å². The summed E-state index contributed by atoms with van der Waals surface area (Å²) in [7, 11) is 4.75. The minimum Gasteiger partial charge on any atom is -0.497 e. The highest BCUT2D eigenvalue weighted by Gasteiger charge is 2.09. The van der Waals surface area contributed by atoms with Crippen molar-refractivity contribution in [2.24, 2.45) is 5.84 Å². The zero-order chi connectivity index (χ0) is 23.6. The Morgan fingerprint density at radius 2 is 1.33 bits per heavy atom. The molecule has 7 nitrogen and oxygen atoms in total. The van der Waals surface area contributed by atoms with Gasteiger partial charge in [-0.2, -0.15) is 0 Å². The van der Waals surface area contributed by atoms with E-state index < -0.39 is 0 Å². The molecule has 0 aliphatic carbocycles. The SMILES string of the molecule is COc1ccc(COc2ccc(/C=C/C(=O)N(C)N)cc2OCc2ccc(OC)cc2)cc1. The predicted octanol–water partition coefficient (Wildman–Crippen LogP) is 4.21. The van der Waals surface area contributed by atoms with Crippen LogP contribution in [0, 0.1) is 0 Å². The van der Waals surface area contributed by atoms with Crippen LogP contribution in [-0.4, -0.2) is 32.2 Å². The normalized spacial score (nSPS) is 10.7. The number of nitrogens with two attached hydrogens (primary N) is 1. The van der Waals surface area contributed by atoms with Gasteiger partial charge < -0.3 is 18.9 Å². The largest absolute Gasteiger partial charge is 0.497 e. The van der Waals surface area contributed by atoms with E-state index in [4.69, 9.17) is 24.8 Å². The molecular formula is C26H28N2O5. The van der Waals surface area contributed by atoms with Gasteiger partial charge >= 0.3 is 0 Å². The fraction of sp³-hybridized carbons (Fsp3) is 0.192. The highest BCUT2D eigenvalue weighted by molar-refractivity contribution is 5.91. The molecule has 0 aliphatic rings. The van der Waals surface area contributed by atoms with E-state index in [0.717, 1.165) is 33.2 Å². The van der Waals surface area contributed by atoms with Crippen molar-refractivity contribution in [2.75, 3.05) is 21.3 Å². The minimum absolute atomic E-state index is 0.310. The van der Waals surface area contributed by atoms with Crippen LogP contribution >= 0.6 is 0 Å². The van der Waals surface area contributed by atoms with Crippen LogP contribution in [0.15, 0.2) is 72.8 Å². The molecule has 3 aromatic carbocycles. The molecule has 0 saturated heterocycles. The van der Waals surface area contributed by atoms with Crippen molar-refractivity contribution in [2.45, 2.75) is 13.2 Å². The smallest absolute Gasteiger partial charge is 0.260 e. The number of ether oxygens (including phenoxy) is 4. The fourth-order valence-corrected chi connectivity index (χ4v) is 2.91.